The molecule has 5 rings (SSSR count). The number of ether oxygens (including phenoxy) is 2. The molecule has 0 radical (unpaired) electrons. The highest BCUT2D eigenvalue weighted by Crippen LogP contribution is 2.38. The zero-order valence-electron chi connectivity index (χ0n) is 18.7. The quantitative estimate of drug-likeness (QED) is 0.428. The number of likely N-dealkylation sites (tertiary alicyclic amines) is 1. The summed E-state index contributed by atoms with van der Waals surface area (Å²) in [5.41, 5.74) is 1.35. The van der Waals surface area contributed by atoms with Crippen LogP contribution in [0, 0.1) is 17.7 Å². The van der Waals surface area contributed by atoms with Gasteiger partial charge in [-0.25, -0.2) is 14.4 Å². The van der Waals surface area contributed by atoms with Gasteiger partial charge in [-0.3, -0.25) is 0 Å². The standard InChI is InChI=1S/C25H28ClFN4O2/c1-32-23-12-22-19(25(29-15-28-22)30-18-6-7-21(27)20(26)10-18)11-24(23)33-9-3-8-31-13-16-4-2-5-17(16)14-31/h6-7,10-12,15-17H,2-5,8-9,13-14H2,1H3,(H,28,29,30). The van der Waals surface area contributed by atoms with Gasteiger partial charge in [0.05, 0.1) is 24.3 Å². The van der Waals surface area contributed by atoms with Gasteiger partial charge in [0, 0.05) is 36.8 Å². The Balaban J connectivity index is 1.28. The molecular formula is C25H28ClFN4O2. The van der Waals surface area contributed by atoms with Crippen molar-refractivity contribution in [2.75, 3.05) is 38.7 Å². The highest BCUT2D eigenvalue weighted by molar-refractivity contribution is 6.31. The van der Waals surface area contributed by atoms with Gasteiger partial charge >= 0.3 is 0 Å². The summed E-state index contributed by atoms with van der Waals surface area (Å²) in [6.07, 6.45) is 6.64. The Kier molecular flexibility index (Phi) is 6.51. The van der Waals surface area contributed by atoms with E-state index in [9.17, 15) is 4.39 Å². The van der Waals surface area contributed by atoms with Crippen LogP contribution in [0.3, 0.4) is 0 Å². The molecule has 2 fully saturated rings. The molecule has 1 aromatic heterocycles. The molecular weight excluding hydrogens is 443 g/mol. The summed E-state index contributed by atoms with van der Waals surface area (Å²) < 4.78 is 25.2. The number of rotatable bonds is 8. The highest BCUT2D eigenvalue weighted by Gasteiger charge is 2.35. The molecule has 2 aliphatic rings. The van der Waals surface area contributed by atoms with Crippen LogP contribution in [-0.2, 0) is 0 Å². The van der Waals surface area contributed by atoms with E-state index in [2.05, 4.69) is 20.2 Å². The van der Waals surface area contributed by atoms with Crippen LogP contribution in [0.2, 0.25) is 5.02 Å². The van der Waals surface area contributed by atoms with Gasteiger partial charge in [0.15, 0.2) is 11.5 Å². The topological polar surface area (TPSA) is 59.5 Å². The molecule has 0 bridgehead atoms. The third-order valence-electron chi connectivity index (χ3n) is 6.78. The average Bonchev–Trinajstić information content (AvgIpc) is 3.41. The number of fused-ring (bicyclic) bond motifs is 2. The largest absolute Gasteiger partial charge is 0.493 e. The van der Waals surface area contributed by atoms with Crippen molar-refractivity contribution in [1.29, 1.82) is 0 Å². The van der Waals surface area contributed by atoms with Crippen molar-refractivity contribution < 1.29 is 13.9 Å². The van der Waals surface area contributed by atoms with Crippen LogP contribution >= 0.6 is 11.6 Å². The van der Waals surface area contributed by atoms with Gasteiger partial charge in [-0.2, -0.15) is 0 Å². The predicted molar refractivity (Wildman–Crippen MR) is 128 cm³/mol. The minimum Gasteiger partial charge on any atom is -0.493 e. The minimum atomic E-state index is -0.465. The molecule has 2 atom stereocenters. The maximum Gasteiger partial charge on any atom is 0.162 e. The monoisotopic (exact) mass is 470 g/mol. The van der Waals surface area contributed by atoms with E-state index in [0.717, 1.165) is 30.2 Å². The molecule has 3 aromatic rings. The van der Waals surface area contributed by atoms with Crippen LogP contribution in [0.1, 0.15) is 25.7 Å². The Morgan fingerprint density at radius 2 is 1.94 bits per heavy atom. The highest BCUT2D eigenvalue weighted by atomic mass is 35.5. The normalized spacial score (nSPS) is 20.2. The predicted octanol–water partition coefficient (Wildman–Crippen LogP) is 5.68. The van der Waals surface area contributed by atoms with E-state index in [-0.39, 0.29) is 5.02 Å². The van der Waals surface area contributed by atoms with Crippen molar-refractivity contribution >= 4 is 34.0 Å². The molecule has 33 heavy (non-hydrogen) atoms. The van der Waals surface area contributed by atoms with E-state index in [1.54, 1.807) is 13.2 Å². The van der Waals surface area contributed by atoms with E-state index >= 15 is 0 Å². The second-order valence-electron chi connectivity index (χ2n) is 8.91. The molecule has 2 heterocycles. The lowest BCUT2D eigenvalue weighted by molar-refractivity contribution is 0.246. The maximum atomic E-state index is 13.5. The zero-order valence-corrected chi connectivity index (χ0v) is 19.4. The van der Waals surface area contributed by atoms with E-state index in [1.165, 1.54) is 50.8 Å². The first kappa shape index (κ1) is 22.2. The second kappa shape index (κ2) is 9.69. The summed E-state index contributed by atoms with van der Waals surface area (Å²) in [5, 5.41) is 4.02. The first-order valence-electron chi connectivity index (χ1n) is 11.5. The van der Waals surface area contributed by atoms with Gasteiger partial charge < -0.3 is 19.7 Å². The Bertz CT molecular complexity index is 1130. The molecule has 1 aliphatic heterocycles. The van der Waals surface area contributed by atoms with Crippen LogP contribution in [0.15, 0.2) is 36.7 Å². The van der Waals surface area contributed by atoms with Crippen LogP contribution in [0.5, 0.6) is 11.5 Å². The maximum absolute atomic E-state index is 13.5. The number of hydrogen-bond donors (Lipinski definition) is 1. The fourth-order valence-electron chi connectivity index (χ4n) is 5.13. The van der Waals surface area contributed by atoms with E-state index in [1.807, 2.05) is 12.1 Å². The summed E-state index contributed by atoms with van der Waals surface area (Å²) >= 11 is 5.92. The molecule has 6 nitrogen and oxygen atoms in total. The summed E-state index contributed by atoms with van der Waals surface area (Å²) in [7, 11) is 1.62. The summed E-state index contributed by atoms with van der Waals surface area (Å²) in [6.45, 7) is 4.15. The van der Waals surface area contributed by atoms with Crippen molar-refractivity contribution in [3.63, 3.8) is 0 Å². The van der Waals surface area contributed by atoms with Crippen molar-refractivity contribution in [3.05, 3.63) is 47.5 Å². The van der Waals surface area contributed by atoms with Gasteiger partial charge in [-0.05, 0) is 55.4 Å². The summed E-state index contributed by atoms with van der Waals surface area (Å²) in [6, 6.07) is 8.19. The van der Waals surface area contributed by atoms with Crippen LogP contribution in [0.4, 0.5) is 15.9 Å². The smallest absolute Gasteiger partial charge is 0.162 e. The zero-order chi connectivity index (χ0) is 22.8. The molecule has 1 saturated heterocycles. The number of nitrogens with zero attached hydrogens (tertiary/aromatic N) is 3. The van der Waals surface area contributed by atoms with Gasteiger partial charge in [0.25, 0.3) is 0 Å². The molecule has 1 N–H and O–H groups in total. The van der Waals surface area contributed by atoms with Crippen LogP contribution in [0.25, 0.3) is 10.9 Å². The summed E-state index contributed by atoms with van der Waals surface area (Å²) in [4.78, 5) is 11.3. The Morgan fingerprint density at radius 1 is 1.12 bits per heavy atom. The lowest BCUT2D eigenvalue weighted by Gasteiger charge is -2.17. The lowest BCUT2D eigenvalue weighted by Crippen LogP contribution is -2.24. The average molecular weight is 471 g/mol. The molecule has 1 aliphatic carbocycles. The van der Waals surface area contributed by atoms with Gasteiger partial charge in [-0.1, -0.05) is 18.0 Å². The van der Waals surface area contributed by atoms with Crippen molar-refractivity contribution in [1.82, 2.24) is 14.9 Å². The van der Waals surface area contributed by atoms with Crippen LogP contribution < -0.4 is 14.8 Å². The third kappa shape index (κ3) is 4.84. The molecule has 0 spiro atoms. The van der Waals surface area contributed by atoms with E-state index in [4.69, 9.17) is 21.1 Å². The Labute approximate surface area is 198 Å². The van der Waals surface area contributed by atoms with Crippen molar-refractivity contribution in [2.24, 2.45) is 11.8 Å². The lowest BCUT2D eigenvalue weighted by atomic mass is 10.0. The number of anilines is 2. The fourth-order valence-corrected chi connectivity index (χ4v) is 5.31. The van der Waals surface area contributed by atoms with Crippen LogP contribution in [-0.4, -0.2) is 48.2 Å². The number of methoxy groups -OCH3 is 1. The molecule has 2 unspecified atom stereocenters. The van der Waals surface area contributed by atoms with Gasteiger partial charge in [-0.15, -0.1) is 0 Å². The number of hydrogen-bond acceptors (Lipinski definition) is 6. The Hall–Kier alpha value is -2.64. The number of benzene rings is 2. The van der Waals surface area contributed by atoms with E-state index in [0.29, 0.717) is 35.1 Å². The van der Waals surface area contributed by atoms with Gasteiger partial charge in [0.1, 0.15) is 18.0 Å². The first-order chi connectivity index (χ1) is 16.1. The van der Waals surface area contributed by atoms with Crippen molar-refractivity contribution in [2.45, 2.75) is 25.7 Å². The Morgan fingerprint density at radius 3 is 2.70 bits per heavy atom. The number of aromatic nitrogens is 2. The fraction of sp³-hybridized carbons (Fsp3) is 0.440. The first-order valence-corrected chi connectivity index (χ1v) is 11.9. The molecule has 2 aromatic carbocycles. The third-order valence-corrected chi connectivity index (χ3v) is 7.07. The SMILES string of the molecule is COc1cc2ncnc(Nc3ccc(F)c(Cl)c3)c2cc1OCCCN1CC2CCCC2C1. The molecule has 0 amide bonds. The van der Waals surface area contributed by atoms with E-state index < -0.39 is 5.82 Å². The minimum absolute atomic E-state index is 0.0469. The molecule has 8 heteroatoms. The number of nitrogens with one attached hydrogen (secondary N) is 1. The van der Waals surface area contributed by atoms with Crippen molar-refractivity contribution in [3.8, 4) is 11.5 Å². The second-order valence-corrected chi connectivity index (χ2v) is 9.32. The van der Waals surface area contributed by atoms with Gasteiger partial charge in [0.2, 0.25) is 0 Å². The summed E-state index contributed by atoms with van der Waals surface area (Å²) in [5.74, 6) is 3.22. The molecule has 174 valence electrons. The number of halogens is 2. The molecule has 1 saturated carbocycles.